The molecule has 0 N–H and O–H groups in total. The lowest BCUT2D eigenvalue weighted by molar-refractivity contribution is 1.50. The molecular formula is C8H11N. The van der Waals surface area contributed by atoms with Crippen LogP contribution in [0.25, 0.3) is 0 Å². The van der Waals surface area contributed by atoms with Gasteiger partial charge in [-0.2, -0.15) is 0 Å². The van der Waals surface area contributed by atoms with Crippen molar-refractivity contribution in [1.82, 2.24) is 0 Å². The van der Waals surface area contributed by atoms with Gasteiger partial charge in [-0.15, -0.1) is 0 Å². The first-order chi connectivity index (χ1) is 4.27. The standard InChI is InChI=1S/C8H11N/c1-4-6-9-7-5-8(2)3/h4-7H,1-2H2,3H3/b7-5-,9-6-. The van der Waals surface area contributed by atoms with Gasteiger partial charge in [0.15, 0.2) is 0 Å². The van der Waals surface area contributed by atoms with Crippen molar-refractivity contribution in [2.24, 2.45) is 4.99 Å². The van der Waals surface area contributed by atoms with Gasteiger partial charge in [0, 0.05) is 12.4 Å². The Balaban J connectivity index is 3.59. The highest BCUT2D eigenvalue weighted by Crippen LogP contribution is 1.87. The first-order valence-electron chi connectivity index (χ1n) is 2.73. The summed E-state index contributed by atoms with van der Waals surface area (Å²) in [6, 6.07) is 0. The summed E-state index contributed by atoms with van der Waals surface area (Å²) in [6.45, 7) is 9.05. The monoisotopic (exact) mass is 121 g/mol. The Morgan fingerprint density at radius 3 is 2.67 bits per heavy atom. The predicted molar refractivity (Wildman–Crippen MR) is 42.6 cm³/mol. The molecule has 0 saturated heterocycles. The normalized spacial score (nSPS) is 10.8. The van der Waals surface area contributed by atoms with Crippen LogP contribution in [0.1, 0.15) is 6.92 Å². The van der Waals surface area contributed by atoms with Crippen LogP contribution in [-0.2, 0) is 0 Å². The lowest BCUT2D eigenvalue weighted by Crippen LogP contribution is -1.60. The minimum Gasteiger partial charge on any atom is -0.265 e. The van der Waals surface area contributed by atoms with Crippen LogP contribution >= 0.6 is 0 Å². The van der Waals surface area contributed by atoms with E-state index in [-0.39, 0.29) is 0 Å². The van der Waals surface area contributed by atoms with Crippen molar-refractivity contribution in [2.75, 3.05) is 0 Å². The Bertz CT molecular complexity index is 152. The Morgan fingerprint density at radius 1 is 1.56 bits per heavy atom. The predicted octanol–water partition coefficient (Wildman–Crippen LogP) is 2.33. The van der Waals surface area contributed by atoms with Crippen molar-refractivity contribution in [3.05, 3.63) is 37.1 Å². The molecule has 1 nitrogen and oxygen atoms in total. The molecule has 0 aliphatic carbocycles. The largest absolute Gasteiger partial charge is 0.265 e. The van der Waals surface area contributed by atoms with E-state index >= 15 is 0 Å². The van der Waals surface area contributed by atoms with E-state index in [1.54, 1.807) is 18.5 Å². The van der Waals surface area contributed by atoms with Crippen LogP contribution in [0.15, 0.2) is 42.1 Å². The molecule has 48 valence electrons. The summed E-state index contributed by atoms with van der Waals surface area (Å²) in [5, 5.41) is 0. The molecule has 1 heteroatoms. The molecule has 0 amide bonds. The molecule has 0 heterocycles. The van der Waals surface area contributed by atoms with Gasteiger partial charge in [0.05, 0.1) is 0 Å². The lowest BCUT2D eigenvalue weighted by Gasteiger charge is -1.78. The number of hydrogen-bond donors (Lipinski definition) is 0. The van der Waals surface area contributed by atoms with Gasteiger partial charge < -0.3 is 0 Å². The first kappa shape index (κ1) is 7.89. The maximum Gasteiger partial charge on any atom is 0.0270 e. The Hall–Kier alpha value is -1.11. The second-order valence-corrected chi connectivity index (χ2v) is 1.70. The van der Waals surface area contributed by atoms with Crippen LogP contribution in [0.5, 0.6) is 0 Å². The van der Waals surface area contributed by atoms with Crippen molar-refractivity contribution in [3.8, 4) is 0 Å². The van der Waals surface area contributed by atoms with Gasteiger partial charge in [0.2, 0.25) is 0 Å². The Labute approximate surface area is 56.1 Å². The van der Waals surface area contributed by atoms with Gasteiger partial charge in [-0.3, -0.25) is 4.99 Å². The third-order valence-electron chi connectivity index (χ3n) is 0.637. The first-order valence-corrected chi connectivity index (χ1v) is 2.73. The van der Waals surface area contributed by atoms with Crippen molar-refractivity contribution < 1.29 is 0 Å². The minimum absolute atomic E-state index is 0.996. The zero-order valence-electron chi connectivity index (χ0n) is 5.67. The fraction of sp³-hybridized carbons (Fsp3) is 0.125. The molecule has 0 aliphatic heterocycles. The van der Waals surface area contributed by atoms with E-state index in [2.05, 4.69) is 18.2 Å². The second-order valence-electron chi connectivity index (χ2n) is 1.70. The number of aliphatic imine (C=N–C) groups is 1. The molecule has 0 spiro atoms. The van der Waals surface area contributed by atoms with E-state index in [9.17, 15) is 0 Å². The van der Waals surface area contributed by atoms with E-state index in [4.69, 9.17) is 0 Å². The van der Waals surface area contributed by atoms with E-state index in [0.717, 1.165) is 5.57 Å². The average Bonchev–Trinajstić information content (AvgIpc) is 1.80. The highest BCUT2D eigenvalue weighted by molar-refractivity contribution is 5.70. The maximum absolute atomic E-state index is 3.85. The highest BCUT2D eigenvalue weighted by atomic mass is 14.6. The van der Waals surface area contributed by atoms with Crippen LogP contribution in [-0.4, -0.2) is 6.21 Å². The molecule has 0 unspecified atom stereocenters. The fourth-order valence-electron chi connectivity index (χ4n) is 0.281. The van der Waals surface area contributed by atoms with Crippen molar-refractivity contribution in [3.63, 3.8) is 0 Å². The summed E-state index contributed by atoms with van der Waals surface area (Å²) in [6.07, 6.45) is 6.77. The third kappa shape index (κ3) is 6.89. The van der Waals surface area contributed by atoms with E-state index in [1.165, 1.54) is 0 Å². The van der Waals surface area contributed by atoms with E-state index in [0.29, 0.717) is 0 Å². The summed E-state index contributed by atoms with van der Waals surface area (Å²) in [4.78, 5) is 3.85. The fourth-order valence-corrected chi connectivity index (χ4v) is 0.281. The van der Waals surface area contributed by atoms with Crippen molar-refractivity contribution in [1.29, 1.82) is 0 Å². The molecule has 0 aromatic carbocycles. The molecule has 0 aromatic heterocycles. The number of nitrogens with zero attached hydrogens (tertiary/aromatic N) is 1. The number of hydrogen-bond acceptors (Lipinski definition) is 1. The quantitative estimate of drug-likeness (QED) is 0.401. The Kier molecular flexibility index (Phi) is 4.41. The molecule has 0 saturated carbocycles. The van der Waals surface area contributed by atoms with Crippen molar-refractivity contribution >= 4 is 6.21 Å². The summed E-state index contributed by atoms with van der Waals surface area (Å²) in [5.41, 5.74) is 0.996. The van der Waals surface area contributed by atoms with Gasteiger partial charge in [0.1, 0.15) is 0 Å². The van der Waals surface area contributed by atoms with Gasteiger partial charge in [-0.25, -0.2) is 0 Å². The molecular weight excluding hydrogens is 110 g/mol. The molecule has 0 rings (SSSR count). The topological polar surface area (TPSA) is 12.4 Å². The Morgan fingerprint density at radius 2 is 2.22 bits per heavy atom. The summed E-state index contributed by atoms with van der Waals surface area (Å²) < 4.78 is 0. The average molecular weight is 121 g/mol. The molecule has 0 radical (unpaired) electrons. The van der Waals surface area contributed by atoms with Gasteiger partial charge in [0.25, 0.3) is 0 Å². The molecule has 0 aliphatic rings. The minimum atomic E-state index is 0.996. The maximum atomic E-state index is 3.85. The van der Waals surface area contributed by atoms with Crippen LogP contribution in [0.2, 0.25) is 0 Å². The van der Waals surface area contributed by atoms with Gasteiger partial charge >= 0.3 is 0 Å². The van der Waals surface area contributed by atoms with Crippen LogP contribution in [0.4, 0.5) is 0 Å². The lowest BCUT2D eigenvalue weighted by atomic mass is 10.3. The number of rotatable bonds is 3. The number of allylic oxidation sites excluding steroid dienone is 3. The van der Waals surface area contributed by atoms with Crippen LogP contribution < -0.4 is 0 Å². The highest BCUT2D eigenvalue weighted by Gasteiger charge is 1.67. The van der Waals surface area contributed by atoms with E-state index < -0.39 is 0 Å². The smallest absolute Gasteiger partial charge is 0.0270 e. The molecule has 9 heavy (non-hydrogen) atoms. The van der Waals surface area contributed by atoms with Gasteiger partial charge in [-0.05, 0) is 13.0 Å². The van der Waals surface area contributed by atoms with Gasteiger partial charge in [-0.1, -0.05) is 24.8 Å². The van der Waals surface area contributed by atoms with Crippen LogP contribution in [0.3, 0.4) is 0 Å². The zero-order chi connectivity index (χ0) is 7.11. The second kappa shape index (κ2) is 5.04. The zero-order valence-corrected chi connectivity index (χ0v) is 5.67. The third-order valence-corrected chi connectivity index (χ3v) is 0.637. The SMILES string of the molecule is C=C/C=N\C=C/C(=C)C. The summed E-state index contributed by atoms with van der Waals surface area (Å²) >= 11 is 0. The summed E-state index contributed by atoms with van der Waals surface area (Å²) in [5.74, 6) is 0. The van der Waals surface area contributed by atoms with Crippen LogP contribution in [0, 0.1) is 0 Å². The molecule has 0 aromatic rings. The summed E-state index contributed by atoms with van der Waals surface area (Å²) in [7, 11) is 0. The van der Waals surface area contributed by atoms with E-state index in [1.807, 2.05) is 13.0 Å². The molecule has 0 bridgehead atoms. The molecule has 0 fully saturated rings. The van der Waals surface area contributed by atoms with Crippen molar-refractivity contribution in [2.45, 2.75) is 6.92 Å². The molecule has 0 atom stereocenters.